The Labute approximate surface area is 140 Å². The van der Waals surface area contributed by atoms with E-state index >= 15 is 0 Å². The molecule has 0 saturated carbocycles. The monoisotopic (exact) mass is 334 g/mol. The molecule has 3 rings (SSSR count). The van der Waals surface area contributed by atoms with Gasteiger partial charge in [-0.3, -0.25) is 0 Å². The smallest absolute Gasteiger partial charge is 0.222 e. The molecule has 1 saturated heterocycles. The van der Waals surface area contributed by atoms with Gasteiger partial charge in [0.2, 0.25) is 5.95 Å². The predicted octanol–water partition coefficient (Wildman–Crippen LogP) is 2.71. The zero-order valence-corrected chi connectivity index (χ0v) is 13.4. The highest BCUT2D eigenvalue weighted by molar-refractivity contribution is 6.32. The summed E-state index contributed by atoms with van der Waals surface area (Å²) in [5, 5.41) is 3.80. The Kier molecular flexibility index (Phi) is 5.15. The number of anilines is 2. The number of nitrogens with one attached hydrogen (secondary N) is 1. The van der Waals surface area contributed by atoms with Gasteiger partial charge in [-0.15, -0.1) is 0 Å². The average Bonchev–Trinajstić information content (AvgIpc) is 3.07. The van der Waals surface area contributed by atoms with E-state index in [1.807, 2.05) is 24.3 Å². The first kappa shape index (κ1) is 15.8. The van der Waals surface area contributed by atoms with Gasteiger partial charge in [-0.25, -0.2) is 4.98 Å². The highest BCUT2D eigenvalue weighted by Gasteiger charge is 2.20. The Bertz CT molecular complexity index is 662. The maximum atomic E-state index is 6.04. The van der Waals surface area contributed by atoms with Crippen LogP contribution >= 0.6 is 11.6 Å². The number of nitrogens with zero attached hydrogens (tertiary/aromatic N) is 2. The highest BCUT2D eigenvalue weighted by atomic mass is 35.5. The van der Waals surface area contributed by atoms with Gasteiger partial charge in [-0.05, 0) is 18.6 Å². The minimum Gasteiger partial charge on any atom is -0.490 e. The largest absolute Gasteiger partial charge is 0.490 e. The molecule has 1 atom stereocenters. The van der Waals surface area contributed by atoms with Crippen molar-refractivity contribution in [1.29, 1.82) is 0 Å². The van der Waals surface area contributed by atoms with Crippen LogP contribution in [0.2, 0.25) is 5.02 Å². The SMILES string of the molecule is Nc1nc(NCCOc2ccccc2Cl)cc([C@H]2CCOC2)n1. The van der Waals surface area contributed by atoms with Gasteiger partial charge in [0, 0.05) is 18.6 Å². The fourth-order valence-corrected chi connectivity index (χ4v) is 2.64. The van der Waals surface area contributed by atoms with Gasteiger partial charge in [-0.2, -0.15) is 4.98 Å². The number of hydrogen-bond donors (Lipinski definition) is 2. The third-order valence-electron chi connectivity index (χ3n) is 3.61. The number of rotatable bonds is 6. The molecule has 0 radical (unpaired) electrons. The van der Waals surface area contributed by atoms with Crippen molar-refractivity contribution in [3.05, 3.63) is 41.0 Å². The van der Waals surface area contributed by atoms with Crippen LogP contribution < -0.4 is 15.8 Å². The summed E-state index contributed by atoms with van der Waals surface area (Å²) in [7, 11) is 0. The number of aromatic nitrogens is 2. The molecule has 2 heterocycles. The van der Waals surface area contributed by atoms with Crippen molar-refractivity contribution in [3.63, 3.8) is 0 Å². The summed E-state index contributed by atoms with van der Waals surface area (Å²) in [6.45, 7) is 2.51. The molecule has 1 fully saturated rings. The van der Waals surface area contributed by atoms with Crippen LogP contribution in [0.25, 0.3) is 0 Å². The van der Waals surface area contributed by atoms with E-state index in [2.05, 4.69) is 15.3 Å². The Morgan fingerprint density at radius 1 is 1.35 bits per heavy atom. The first-order chi connectivity index (χ1) is 11.2. The highest BCUT2D eigenvalue weighted by Crippen LogP contribution is 2.25. The Balaban J connectivity index is 1.54. The number of halogens is 1. The molecule has 3 N–H and O–H groups in total. The summed E-state index contributed by atoms with van der Waals surface area (Å²) >= 11 is 6.04. The number of benzene rings is 1. The van der Waals surface area contributed by atoms with E-state index in [4.69, 9.17) is 26.8 Å². The number of nitrogen functional groups attached to an aromatic ring is 1. The molecule has 1 aromatic carbocycles. The molecule has 1 aromatic heterocycles. The fourth-order valence-electron chi connectivity index (χ4n) is 2.45. The lowest BCUT2D eigenvalue weighted by Crippen LogP contribution is -2.14. The molecule has 7 heteroatoms. The zero-order chi connectivity index (χ0) is 16.1. The lowest BCUT2D eigenvalue weighted by atomic mass is 10.0. The minimum atomic E-state index is 0.268. The Morgan fingerprint density at radius 2 is 2.22 bits per heavy atom. The van der Waals surface area contributed by atoms with Gasteiger partial charge in [-0.1, -0.05) is 23.7 Å². The molecular formula is C16H19ClN4O2. The van der Waals surface area contributed by atoms with Crippen molar-refractivity contribution in [2.75, 3.05) is 37.4 Å². The number of para-hydroxylation sites is 1. The Morgan fingerprint density at radius 3 is 3.00 bits per heavy atom. The van der Waals surface area contributed by atoms with Crippen molar-refractivity contribution in [1.82, 2.24) is 9.97 Å². The van der Waals surface area contributed by atoms with Crippen molar-refractivity contribution in [2.24, 2.45) is 0 Å². The number of ether oxygens (including phenoxy) is 2. The third kappa shape index (κ3) is 4.24. The zero-order valence-electron chi connectivity index (χ0n) is 12.7. The van der Waals surface area contributed by atoms with Crippen molar-refractivity contribution in [2.45, 2.75) is 12.3 Å². The minimum absolute atomic E-state index is 0.268. The molecule has 0 bridgehead atoms. The van der Waals surface area contributed by atoms with Crippen LogP contribution in [0.3, 0.4) is 0 Å². The van der Waals surface area contributed by atoms with Gasteiger partial charge in [0.25, 0.3) is 0 Å². The topological polar surface area (TPSA) is 82.3 Å². The van der Waals surface area contributed by atoms with Crippen LogP contribution in [0.4, 0.5) is 11.8 Å². The molecule has 122 valence electrons. The quantitative estimate of drug-likeness (QED) is 0.790. The van der Waals surface area contributed by atoms with Crippen molar-refractivity contribution in [3.8, 4) is 5.75 Å². The van der Waals surface area contributed by atoms with Gasteiger partial charge in [0.15, 0.2) is 0 Å². The van der Waals surface area contributed by atoms with Crippen molar-refractivity contribution >= 4 is 23.4 Å². The lowest BCUT2D eigenvalue weighted by molar-refractivity contribution is 0.193. The molecule has 1 aliphatic rings. The van der Waals surface area contributed by atoms with E-state index in [0.717, 1.165) is 18.7 Å². The predicted molar refractivity (Wildman–Crippen MR) is 90.1 cm³/mol. The fraction of sp³-hybridized carbons (Fsp3) is 0.375. The number of nitrogens with two attached hydrogens (primary N) is 1. The van der Waals surface area contributed by atoms with E-state index in [0.29, 0.717) is 42.3 Å². The summed E-state index contributed by atoms with van der Waals surface area (Å²) < 4.78 is 11.0. The van der Waals surface area contributed by atoms with E-state index in [9.17, 15) is 0 Å². The average molecular weight is 335 g/mol. The second kappa shape index (κ2) is 7.48. The molecule has 0 spiro atoms. The maximum Gasteiger partial charge on any atom is 0.222 e. The molecule has 1 aliphatic heterocycles. The van der Waals surface area contributed by atoms with Gasteiger partial charge in [0.05, 0.1) is 23.9 Å². The molecule has 2 aromatic rings. The van der Waals surface area contributed by atoms with Gasteiger partial charge < -0.3 is 20.5 Å². The molecule has 0 amide bonds. The summed E-state index contributed by atoms with van der Waals surface area (Å²) in [6, 6.07) is 9.31. The van der Waals surface area contributed by atoms with E-state index < -0.39 is 0 Å². The van der Waals surface area contributed by atoms with Crippen LogP contribution in [0.5, 0.6) is 5.75 Å². The van der Waals surface area contributed by atoms with Crippen LogP contribution in [0.1, 0.15) is 18.0 Å². The molecule has 0 unspecified atom stereocenters. The summed E-state index contributed by atoms with van der Waals surface area (Å²) in [6.07, 6.45) is 0.964. The summed E-state index contributed by atoms with van der Waals surface area (Å²) in [5.41, 5.74) is 6.71. The lowest BCUT2D eigenvalue weighted by Gasteiger charge is -2.12. The molecule has 0 aliphatic carbocycles. The maximum absolute atomic E-state index is 6.04. The second-order valence-corrected chi connectivity index (χ2v) is 5.71. The van der Waals surface area contributed by atoms with Crippen LogP contribution in [-0.4, -0.2) is 36.3 Å². The first-order valence-corrected chi connectivity index (χ1v) is 7.93. The van der Waals surface area contributed by atoms with E-state index in [1.165, 1.54) is 0 Å². The van der Waals surface area contributed by atoms with Crippen LogP contribution in [0, 0.1) is 0 Å². The van der Waals surface area contributed by atoms with Gasteiger partial charge >= 0.3 is 0 Å². The first-order valence-electron chi connectivity index (χ1n) is 7.56. The Hall–Kier alpha value is -2.05. The van der Waals surface area contributed by atoms with Crippen LogP contribution in [0.15, 0.2) is 30.3 Å². The van der Waals surface area contributed by atoms with Crippen molar-refractivity contribution < 1.29 is 9.47 Å². The number of hydrogen-bond acceptors (Lipinski definition) is 6. The molecular weight excluding hydrogens is 316 g/mol. The van der Waals surface area contributed by atoms with E-state index in [1.54, 1.807) is 6.07 Å². The van der Waals surface area contributed by atoms with Crippen LogP contribution in [-0.2, 0) is 4.74 Å². The normalized spacial score (nSPS) is 17.2. The molecule has 23 heavy (non-hydrogen) atoms. The second-order valence-electron chi connectivity index (χ2n) is 5.30. The standard InChI is InChI=1S/C16H19ClN4O2/c17-12-3-1-2-4-14(12)23-8-6-19-15-9-13(20-16(18)21-15)11-5-7-22-10-11/h1-4,9,11H,5-8,10H2,(H3,18,19,20,21)/t11-/m0/s1. The molecule has 6 nitrogen and oxygen atoms in total. The summed E-state index contributed by atoms with van der Waals surface area (Å²) in [5.74, 6) is 1.92. The van der Waals surface area contributed by atoms with E-state index in [-0.39, 0.29) is 5.95 Å². The summed E-state index contributed by atoms with van der Waals surface area (Å²) in [4.78, 5) is 8.50. The van der Waals surface area contributed by atoms with Gasteiger partial charge in [0.1, 0.15) is 18.2 Å². The third-order valence-corrected chi connectivity index (χ3v) is 3.93.